The van der Waals surface area contributed by atoms with Gasteiger partial charge in [-0.1, -0.05) is 60.2 Å². The monoisotopic (exact) mass is 469 g/mol. The Morgan fingerprint density at radius 1 is 0.971 bits per heavy atom. The summed E-state index contributed by atoms with van der Waals surface area (Å²) in [6.45, 7) is 6.25. The van der Waals surface area contributed by atoms with E-state index in [9.17, 15) is 9.59 Å². The fraction of sp³-hybridized carbons (Fsp3) is 0.310. The van der Waals surface area contributed by atoms with Gasteiger partial charge in [-0.25, -0.2) is 0 Å². The van der Waals surface area contributed by atoms with Crippen LogP contribution in [0.2, 0.25) is 0 Å². The van der Waals surface area contributed by atoms with E-state index in [1.165, 1.54) is 11.1 Å². The van der Waals surface area contributed by atoms with E-state index in [2.05, 4.69) is 37.3 Å². The minimum absolute atomic E-state index is 0.0210. The molecule has 180 valence electrons. The number of fused-ring (bicyclic) bond motifs is 1. The van der Waals surface area contributed by atoms with Gasteiger partial charge in [-0.2, -0.15) is 0 Å². The molecule has 2 aromatic carbocycles. The van der Waals surface area contributed by atoms with Crippen molar-refractivity contribution in [1.29, 1.82) is 0 Å². The molecule has 6 heteroatoms. The summed E-state index contributed by atoms with van der Waals surface area (Å²) in [5.74, 6) is 0.126. The molecular formula is C29H31N3O3. The van der Waals surface area contributed by atoms with Crippen molar-refractivity contribution in [2.24, 2.45) is 0 Å². The summed E-state index contributed by atoms with van der Waals surface area (Å²) in [6.07, 6.45) is 2.88. The lowest BCUT2D eigenvalue weighted by Crippen LogP contribution is -2.55. The minimum Gasteiger partial charge on any atom is -0.448 e. The number of aromatic nitrogens is 1. The molecule has 6 nitrogen and oxygen atoms in total. The normalized spacial score (nSPS) is 16.1. The standard InChI is InChI=1S/C29H31N3O3/c1-21-7-6-10-24(17-21)20-32-26(18-25-13-16-35-29(25)32)28(34)30-14-15-31(22(2)19-30)27(33)12-11-23-8-4-3-5-9-23/h3-10,13,16-18,22H,11-12,14-15,19-20H2,1-2H3/t22-/m0/s1. The van der Waals surface area contributed by atoms with Crippen molar-refractivity contribution in [1.82, 2.24) is 14.4 Å². The zero-order chi connectivity index (χ0) is 24.4. The lowest BCUT2D eigenvalue weighted by molar-refractivity contribution is -0.135. The van der Waals surface area contributed by atoms with Crippen LogP contribution in [0.4, 0.5) is 0 Å². The van der Waals surface area contributed by atoms with E-state index < -0.39 is 0 Å². The Balaban J connectivity index is 1.28. The molecule has 3 heterocycles. The molecule has 1 aliphatic heterocycles. The van der Waals surface area contributed by atoms with E-state index in [1.54, 1.807) is 6.26 Å². The number of amides is 2. The molecule has 2 amide bonds. The molecule has 1 atom stereocenters. The van der Waals surface area contributed by atoms with Crippen LogP contribution in [0.1, 0.15) is 40.5 Å². The second kappa shape index (κ2) is 9.82. The van der Waals surface area contributed by atoms with Gasteiger partial charge in [0.2, 0.25) is 11.6 Å². The highest BCUT2D eigenvalue weighted by molar-refractivity contribution is 5.98. The molecule has 0 spiro atoms. The Hall–Kier alpha value is -3.80. The van der Waals surface area contributed by atoms with Gasteiger partial charge < -0.3 is 18.8 Å². The Bertz CT molecular complexity index is 1340. The molecule has 0 N–H and O–H groups in total. The summed E-state index contributed by atoms with van der Waals surface area (Å²) in [4.78, 5) is 30.3. The van der Waals surface area contributed by atoms with Crippen molar-refractivity contribution >= 4 is 22.9 Å². The van der Waals surface area contributed by atoms with Gasteiger partial charge in [-0.15, -0.1) is 0 Å². The maximum atomic E-state index is 13.6. The maximum absolute atomic E-state index is 13.6. The zero-order valence-corrected chi connectivity index (χ0v) is 20.3. The molecule has 0 radical (unpaired) electrons. The highest BCUT2D eigenvalue weighted by Gasteiger charge is 2.31. The second-order valence-electron chi connectivity index (χ2n) is 9.46. The molecule has 35 heavy (non-hydrogen) atoms. The van der Waals surface area contributed by atoms with Crippen LogP contribution in [0.15, 0.2) is 77.4 Å². The van der Waals surface area contributed by atoms with E-state index in [1.807, 2.05) is 57.7 Å². The van der Waals surface area contributed by atoms with Crippen LogP contribution in [0.3, 0.4) is 0 Å². The van der Waals surface area contributed by atoms with Crippen molar-refractivity contribution in [3.05, 3.63) is 95.4 Å². The highest BCUT2D eigenvalue weighted by Crippen LogP contribution is 2.25. The third kappa shape index (κ3) is 4.87. The van der Waals surface area contributed by atoms with Gasteiger partial charge in [0.1, 0.15) is 5.69 Å². The summed E-state index contributed by atoms with van der Waals surface area (Å²) in [7, 11) is 0. The summed E-state index contributed by atoms with van der Waals surface area (Å²) in [6, 6.07) is 22.2. The van der Waals surface area contributed by atoms with Crippen LogP contribution in [-0.2, 0) is 17.8 Å². The van der Waals surface area contributed by atoms with Crippen molar-refractivity contribution in [3.63, 3.8) is 0 Å². The van der Waals surface area contributed by atoms with Crippen LogP contribution >= 0.6 is 0 Å². The number of piperazine rings is 1. The van der Waals surface area contributed by atoms with Gasteiger partial charge in [-0.3, -0.25) is 9.59 Å². The summed E-state index contributed by atoms with van der Waals surface area (Å²) >= 11 is 0. The summed E-state index contributed by atoms with van der Waals surface area (Å²) in [5.41, 5.74) is 4.80. The Morgan fingerprint density at radius 3 is 2.54 bits per heavy atom. The quantitative estimate of drug-likeness (QED) is 0.404. The number of hydrogen-bond donors (Lipinski definition) is 0. The largest absolute Gasteiger partial charge is 0.448 e. The molecule has 0 unspecified atom stereocenters. The lowest BCUT2D eigenvalue weighted by Gasteiger charge is -2.40. The third-order valence-corrected chi connectivity index (χ3v) is 6.85. The summed E-state index contributed by atoms with van der Waals surface area (Å²) < 4.78 is 7.71. The average molecular weight is 470 g/mol. The first-order valence-electron chi connectivity index (χ1n) is 12.2. The van der Waals surface area contributed by atoms with Crippen LogP contribution in [-0.4, -0.2) is 51.9 Å². The van der Waals surface area contributed by atoms with Crippen molar-refractivity contribution in [2.45, 2.75) is 39.3 Å². The first-order chi connectivity index (χ1) is 17.0. The highest BCUT2D eigenvalue weighted by atomic mass is 16.3. The van der Waals surface area contributed by atoms with Gasteiger partial charge >= 0.3 is 0 Å². The molecule has 1 aliphatic rings. The van der Waals surface area contributed by atoms with Crippen LogP contribution in [0, 0.1) is 6.92 Å². The van der Waals surface area contributed by atoms with Gasteiger partial charge in [0.25, 0.3) is 5.91 Å². The first-order valence-corrected chi connectivity index (χ1v) is 12.2. The van der Waals surface area contributed by atoms with Gasteiger partial charge in [0.15, 0.2) is 0 Å². The van der Waals surface area contributed by atoms with E-state index in [0.717, 1.165) is 17.4 Å². The van der Waals surface area contributed by atoms with Crippen LogP contribution in [0.5, 0.6) is 0 Å². The lowest BCUT2D eigenvalue weighted by atomic mass is 10.1. The van der Waals surface area contributed by atoms with Crippen molar-refractivity contribution < 1.29 is 14.0 Å². The predicted octanol–water partition coefficient (Wildman–Crippen LogP) is 4.90. The molecule has 1 saturated heterocycles. The number of rotatable bonds is 6. The number of nitrogens with zero attached hydrogens (tertiary/aromatic N) is 3. The fourth-order valence-corrected chi connectivity index (χ4v) is 5.02. The second-order valence-corrected chi connectivity index (χ2v) is 9.46. The van der Waals surface area contributed by atoms with E-state index in [4.69, 9.17) is 4.42 Å². The zero-order valence-electron chi connectivity index (χ0n) is 20.3. The first kappa shape index (κ1) is 23.0. The van der Waals surface area contributed by atoms with Gasteiger partial charge in [0.05, 0.1) is 12.8 Å². The SMILES string of the molecule is Cc1cccc(Cn2c(C(=O)N3CCN(C(=O)CCc4ccccc4)[C@@H](C)C3)cc3ccoc32)c1. The Morgan fingerprint density at radius 2 is 1.77 bits per heavy atom. The van der Waals surface area contributed by atoms with Gasteiger partial charge in [0, 0.05) is 37.5 Å². The average Bonchev–Trinajstić information content (AvgIpc) is 3.45. The number of carbonyl (C=O) groups is 2. The Kier molecular flexibility index (Phi) is 6.45. The number of furan rings is 1. The van der Waals surface area contributed by atoms with E-state index in [-0.39, 0.29) is 17.9 Å². The van der Waals surface area contributed by atoms with E-state index >= 15 is 0 Å². The molecule has 2 aromatic heterocycles. The molecule has 5 rings (SSSR count). The number of carbonyl (C=O) groups excluding carboxylic acids is 2. The predicted molar refractivity (Wildman–Crippen MR) is 136 cm³/mol. The fourth-order valence-electron chi connectivity index (χ4n) is 5.02. The van der Waals surface area contributed by atoms with Crippen molar-refractivity contribution in [3.8, 4) is 0 Å². The van der Waals surface area contributed by atoms with Crippen molar-refractivity contribution in [2.75, 3.05) is 19.6 Å². The Labute approximate surface area is 205 Å². The topological polar surface area (TPSA) is 58.7 Å². The molecular weight excluding hydrogens is 438 g/mol. The summed E-state index contributed by atoms with van der Waals surface area (Å²) in [5, 5.41) is 0.920. The molecule has 1 fully saturated rings. The molecule has 4 aromatic rings. The van der Waals surface area contributed by atoms with Crippen LogP contribution in [0.25, 0.3) is 11.1 Å². The maximum Gasteiger partial charge on any atom is 0.270 e. The molecule has 0 saturated carbocycles. The number of benzene rings is 2. The molecule has 0 bridgehead atoms. The smallest absolute Gasteiger partial charge is 0.270 e. The molecule has 0 aliphatic carbocycles. The third-order valence-electron chi connectivity index (χ3n) is 6.85. The number of aryl methyl sites for hydroxylation is 2. The van der Waals surface area contributed by atoms with Crippen LogP contribution < -0.4 is 0 Å². The van der Waals surface area contributed by atoms with E-state index in [0.29, 0.717) is 44.0 Å². The minimum atomic E-state index is -0.0286. The number of hydrogen-bond acceptors (Lipinski definition) is 3. The van der Waals surface area contributed by atoms with Gasteiger partial charge in [-0.05, 0) is 43.5 Å².